The predicted molar refractivity (Wildman–Crippen MR) is 70.9 cm³/mol. The van der Waals surface area contributed by atoms with Crippen molar-refractivity contribution in [2.24, 2.45) is 0 Å². The molecule has 0 fully saturated rings. The van der Waals surface area contributed by atoms with Crippen molar-refractivity contribution in [3.8, 4) is 40.2 Å². The van der Waals surface area contributed by atoms with E-state index in [-0.39, 0.29) is 21.8 Å². The summed E-state index contributed by atoms with van der Waals surface area (Å²) in [6, 6.07) is 2.29. The Morgan fingerprint density at radius 1 is 0.571 bits per heavy atom. The highest BCUT2D eigenvalue weighted by atomic mass is 16.3. The number of aromatic nitrogens is 1. The van der Waals surface area contributed by atoms with Crippen LogP contribution in [-0.2, 0) is 0 Å². The van der Waals surface area contributed by atoms with Crippen LogP contribution in [0.15, 0.2) is 12.1 Å². The van der Waals surface area contributed by atoms with Crippen molar-refractivity contribution < 1.29 is 35.7 Å². The second kappa shape index (κ2) is 3.85. The topological polar surface area (TPSA) is 154 Å². The third-order valence-electron chi connectivity index (χ3n) is 3.19. The van der Waals surface area contributed by atoms with Gasteiger partial charge in [-0.1, -0.05) is 0 Å². The molecule has 0 aliphatic heterocycles. The largest absolute Gasteiger partial charge is 0.504 e. The molecule has 8 heteroatoms. The van der Waals surface area contributed by atoms with E-state index in [1.807, 2.05) is 0 Å². The molecule has 7 N–H and O–H groups in total. The van der Waals surface area contributed by atoms with Crippen LogP contribution in [0.2, 0.25) is 0 Å². The summed E-state index contributed by atoms with van der Waals surface area (Å²) in [4.78, 5) is 3.84. The Balaban J connectivity index is 2.59. The molecule has 0 saturated carbocycles. The Morgan fingerprint density at radius 3 is 1.81 bits per heavy atom. The van der Waals surface area contributed by atoms with Gasteiger partial charge in [0.15, 0.2) is 23.0 Å². The molecule has 0 atom stereocenters. The highest BCUT2D eigenvalue weighted by molar-refractivity contribution is 6.04. The summed E-state index contributed by atoms with van der Waals surface area (Å²) in [5.41, 5.74) is -0.465. The number of phenolic OH excluding ortho intramolecular Hbond substituents is 7. The SMILES string of the molecule is Oc1cc2cc3c(O)c(O)c(O)c(O)c3nc2c(O)c1O. The number of phenols is 7. The van der Waals surface area contributed by atoms with E-state index in [1.165, 1.54) is 6.07 Å². The van der Waals surface area contributed by atoms with Gasteiger partial charge in [-0.25, -0.2) is 4.98 Å². The van der Waals surface area contributed by atoms with Gasteiger partial charge in [-0.15, -0.1) is 0 Å². The molecule has 2 aromatic carbocycles. The Labute approximate surface area is 116 Å². The van der Waals surface area contributed by atoms with E-state index in [4.69, 9.17) is 0 Å². The summed E-state index contributed by atoms with van der Waals surface area (Å²) in [7, 11) is 0. The zero-order valence-corrected chi connectivity index (χ0v) is 10.2. The highest BCUT2D eigenvalue weighted by Crippen LogP contribution is 2.50. The summed E-state index contributed by atoms with van der Waals surface area (Å²) in [5, 5.41) is 67.2. The van der Waals surface area contributed by atoms with E-state index >= 15 is 0 Å². The van der Waals surface area contributed by atoms with E-state index in [0.29, 0.717) is 0 Å². The second-order valence-corrected chi connectivity index (χ2v) is 4.44. The number of aromatic hydroxyl groups is 7. The van der Waals surface area contributed by atoms with Crippen LogP contribution in [0.5, 0.6) is 40.2 Å². The highest BCUT2D eigenvalue weighted by Gasteiger charge is 2.21. The third-order valence-corrected chi connectivity index (χ3v) is 3.19. The van der Waals surface area contributed by atoms with E-state index < -0.39 is 40.2 Å². The van der Waals surface area contributed by atoms with Crippen LogP contribution >= 0.6 is 0 Å². The molecule has 21 heavy (non-hydrogen) atoms. The number of hydrogen-bond donors (Lipinski definition) is 7. The van der Waals surface area contributed by atoms with Crippen molar-refractivity contribution in [2.75, 3.05) is 0 Å². The molecule has 0 radical (unpaired) electrons. The van der Waals surface area contributed by atoms with Crippen molar-refractivity contribution in [1.82, 2.24) is 4.98 Å². The van der Waals surface area contributed by atoms with Gasteiger partial charge in [0.1, 0.15) is 11.0 Å². The molecular formula is C13H9NO7. The van der Waals surface area contributed by atoms with Gasteiger partial charge in [-0.3, -0.25) is 0 Å². The molecule has 0 amide bonds. The molecule has 0 aliphatic carbocycles. The molecule has 0 spiro atoms. The number of pyridine rings is 1. The Kier molecular flexibility index (Phi) is 2.34. The molecule has 0 unspecified atom stereocenters. The first-order valence-electron chi connectivity index (χ1n) is 5.67. The summed E-state index contributed by atoms with van der Waals surface area (Å²) < 4.78 is 0. The maximum absolute atomic E-state index is 9.78. The van der Waals surface area contributed by atoms with Crippen LogP contribution in [0.3, 0.4) is 0 Å². The summed E-state index contributed by atoms with van der Waals surface area (Å²) in [6.07, 6.45) is 0. The van der Waals surface area contributed by atoms with Crippen LogP contribution in [0.1, 0.15) is 0 Å². The van der Waals surface area contributed by atoms with Gasteiger partial charge in [-0.05, 0) is 12.1 Å². The van der Waals surface area contributed by atoms with Gasteiger partial charge in [0, 0.05) is 5.39 Å². The number of rotatable bonds is 0. The maximum Gasteiger partial charge on any atom is 0.206 e. The smallest absolute Gasteiger partial charge is 0.206 e. The zero-order valence-electron chi connectivity index (χ0n) is 10.2. The van der Waals surface area contributed by atoms with Crippen molar-refractivity contribution in [3.05, 3.63) is 12.1 Å². The van der Waals surface area contributed by atoms with Crippen LogP contribution in [0.4, 0.5) is 0 Å². The molecule has 1 heterocycles. The number of hydrogen-bond acceptors (Lipinski definition) is 8. The van der Waals surface area contributed by atoms with Crippen molar-refractivity contribution in [2.45, 2.75) is 0 Å². The summed E-state index contributed by atoms with van der Waals surface area (Å²) in [5.74, 6) is -5.52. The van der Waals surface area contributed by atoms with Crippen LogP contribution in [-0.4, -0.2) is 40.7 Å². The van der Waals surface area contributed by atoms with Gasteiger partial charge in [0.25, 0.3) is 0 Å². The molecule has 8 nitrogen and oxygen atoms in total. The number of fused-ring (bicyclic) bond motifs is 2. The minimum absolute atomic E-state index is 0.111. The third kappa shape index (κ3) is 1.52. The predicted octanol–water partition coefficient (Wildman–Crippen LogP) is 1.33. The molecular weight excluding hydrogens is 282 g/mol. The molecule has 1 aromatic heterocycles. The van der Waals surface area contributed by atoms with Gasteiger partial charge in [-0.2, -0.15) is 0 Å². The van der Waals surface area contributed by atoms with Gasteiger partial charge < -0.3 is 35.7 Å². The maximum atomic E-state index is 9.78. The zero-order chi connectivity index (χ0) is 15.5. The van der Waals surface area contributed by atoms with Crippen LogP contribution in [0, 0.1) is 0 Å². The van der Waals surface area contributed by atoms with Crippen molar-refractivity contribution >= 4 is 21.8 Å². The lowest BCUT2D eigenvalue weighted by Gasteiger charge is -2.11. The first kappa shape index (κ1) is 12.7. The minimum atomic E-state index is -0.964. The van der Waals surface area contributed by atoms with Crippen LogP contribution < -0.4 is 0 Å². The lowest BCUT2D eigenvalue weighted by molar-refractivity contribution is 0.350. The fourth-order valence-electron chi connectivity index (χ4n) is 2.10. The standard InChI is InChI=1S/C13H9NO7/c15-5-2-3-1-4-7(14-6(3)10(18)9(5)17)11(19)13(21)12(20)8(4)16/h1-2,15-21H. The molecule has 0 aliphatic rings. The Hall–Kier alpha value is -3.29. The monoisotopic (exact) mass is 291 g/mol. The van der Waals surface area contributed by atoms with E-state index in [0.717, 1.165) is 6.07 Å². The first-order valence-corrected chi connectivity index (χ1v) is 5.67. The molecule has 0 saturated heterocycles. The Morgan fingerprint density at radius 2 is 1.14 bits per heavy atom. The normalized spacial score (nSPS) is 11.2. The first-order chi connectivity index (χ1) is 9.82. The number of nitrogens with zero attached hydrogens (tertiary/aromatic N) is 1. The molecule has 3 aromatic rings. The number of benzene rings is 2. The van der Waals surface area contributed by atoms with E-state index in [1.54, 1.807) is 0 Å². The van der Waals surface area contributed by atoms with Gasteiger partial charge >= 0.3 is 0 Å². The fraction of sp³-hybridized carbons (Fsp3) is 0. The van der Waals surface area contributed by atoms with E-state index in [2.05, 4.69) is 4.98 Å². The Bertz CT molecular complexity index is 920. The molecule has 3 rings (SSSR count). The van der Waals surface area contributed by atoms with Crippen LogP contribution in [0.25, 0.3) is 21.8 Å². The quantitative estimate of drug-likeness (QED) is 0.186. The average Bonchev–Trinajstić information content (AvgIpc) is 2.47. The summed E-state index contributed by atoms with van der Waals surface area (Å²) >= 11 is 0. The average molecular weight is 291 g/mol. The molecule has 0 bridgehead atoms. The van der Waals surface area contributed by atoms with Crippen molar-refractivity contribution in [1.29, 1.82) is 0 Å². The lowest BCUT2D eigenvalue weighted by Crippen LogP contribution is -1.87. The fourth-order valence-corrected chi connectivity index (χ4v) is 2.10. The van der Waals surface area contributed by atoms with Gasteiger partial charge in [0.2, 0.25) is 17.2 Å². The lowest BCUT2D eigenvalue weighted by atomic mass is 10.1. The minimum Gasteiger partial charge on any atom is -0.504 e. The second-order valence-electron chi connectivity index (χ2n) is 4.44. The van der Waals surface area contributed by atoms with Gasteiger partial charge in [0.05, 0.1) is 5.39 Å². The van der Waals surface area contributed by atoms with E-state index in [9.17, 15) is 35.7 Å². The summed E-state index contributed by atoms with van der Waals surface area (Å²) in [6.45, 7) is 0. The van der Waals surface area contributed by atoms with Crippen molar-refractivity contribution in [3.63, 3.8) is 0 Å². The molecule has 108 valence electrons.